The van der Waals surface area contributed by atoms with Crippen molar-refractivity contribution in [2.45, 2.75) is 18.9 Å². The standard InChI is InChI=1S/C20H18ClNO3/c1-13(2)12-22-17-6-4-3-5-16(17)20(25,19(22)24)11-18(23)14-7-9-15(21)10-8-14/h3-10,25H,1,11-12H2,2H3. The molecule has 1 aliphatic heterocycles. The van der Waals surface area contributed by atoms with E-state index >= 15 is 0 Å². The first kappa shape index (κ1) is 17.4. The molecule has 0 aromatic heterocycles. The predicted molar refractivity (Wildman–Crippen MR) is 97.9 cm³/mol. The summed E-state index contributed by atoms with van der Waals surface area (Å²) in [4.78, 5) is 27.0. The first-order valence-electron chi connectivity index (χ1n) is 7.90. The van der Waals surface area contributed by atoms with E-state index in [0.29, 0.717) is 28.4 Å². The molecule has 25 heavy (non-hydrogen) atoms. The van der Waals surface area contributed by atoms with Crippen molar-refractivity contribution in [1.29, 1.82) is 0 Å². The average Bonchev–Trinajstić information content (AvgIpc) is 2.77. The number of ketones is 1. The van der Waals surface area contributed by atoms with Gasteiger partial charge in [0.2, 0.25) is 0 Å². The van der Waals surface area contributed by atoms with Crippen molar-refractivity contribution in [1.82, 2.24) is 0 Å². The highest BCUT2D eigenvalue weighted by molar-refractivity contribution is 6.30. The third-order valence-corrected chi connectivity index (χ3v) is 4.50. The number of nitrogens with zero attached hydrogens (tertiary/aromatic N) is 1. The second kappa shape index (κ2) is 6.47. The molecular weight excluding hydrogens is 338 g/mol. The number of amides is 1. The summed E-state index contributed by atoms with van der Waals surface area (Å²) < 4.78 is 0. The minimum absolute atomic E-state index is 0.299. The lowest BCUT2D eigenvalue weighted by molar-refractivity contribution is -0.135. The highest BCUT2D eigenvalue weighted by Crippen LogP contribution is 2.43. The van der Waals surface area contributed by atoms with Crippen LogP contribution in [0.3, 0.4) is 0 Å². The zero-order valence-corrected chi connectivity index (χ0v) is 14.6. The Kier molecular flexibility index (Phi) is 4.50. The number of benzene rings is 2. The van der Waals surface area contributed by atoms with Gasteiger partial charge in [-0.15, -0.1) is 0 Å². The molecule has 1 amide bonds. The zero-order valence-electron chi connectivity index (χ0n) is 13.8. The van der Waals surface area contributed by atoms with E-state index in [-0.39, 0.29) is 12.2 Å². The number of para-hydroxylation sites is 1. The maximum Gasteiger partial charge on any atom is 0.264 e. The fraction of sp³-hybridized carbons (Fsp3) is 0.200. The van der Waals surface area contributed by atoms with Crippen molar-refractivity contribution >= 4 is 29.0 Å². The Hall–Kier alpha value is -2.43. The molecule has 0 aliphatic carbocycles. The molecule has 1 aliphatic rings. The van der Waals surface area contributed by atoms with E-state index in [4.69, 9.17) is 11.6 Å². The highest BCUT2D eigenvalue weighted by atomic mass is 35.5. The summed E-state index contributed by atoms with van der Waals surface area (Å²) in [6.45, 7) is 5.95. The van der Waals surface area contributed by atoms with E-state index in [1.165, 1.54) is 4.90 Å². The number of halogens is 1. The Morgan fingerprint density at radius 1 is 1.20 bits per heavy atom. The van der Waals surface area contributed by atoms with E-state index in [1.54, 1.807) is 48.5 Å². The number of hydrogen-bond donors (Lipinski definition) is 1. The van der Waals surface area contributed by atoms with Crippen LogP contribution >= 0.6 is 11.6 Å². The number of Topliss-reactive ketones (excluding diaryl/α,β-unsaturated/α-hetero) is 1. The van der Waals surface area contributed by atoms with Crippen LogP contribution in [0.1, 0.15) is 29.3 Å². The molecule has 0 saturated heterocycles. The minimum atomic E-state index is -1.87. The molecule has 4 nitrogen and oxygen atoms in total. The van der Waals surface area contributed by atoms with E-state index in [9.17, 15) is 14.7 Å². The summed E-state index contributed by atoms with van der Waals surface area (Å²) in [6.07, 6.45) is -0.322. The van der Waals surface area contributed by atoms with Crippen molar-refractivity contribution in [3.8, 4) is 0 Å². The van der Waals surface area contributed by atoms with Gasteiger partial charge in [0, 0.05) is 22.7 Å². The van der Waals surface area contributed by atoms with Crippen LogP contribution in [0.5, 0.6) is 0 Å². The summed E-state index contributed by atoms with van der Waals surface area (Å²) in [6, 6.07) is 13.4. The summed E-state index contributed by atoms with van der Waals surface area (Å²) >= 11 is 5.84. The van der Waals surface area contributed by atoms with Crippen molar-refractivity contribution in [2.75, 3.05) is 11.4 Å². The van der Waals surface area contributed by atoms with Gasteiger partial charge in [-0.2, -0.15) is 0 Å². The number of rotatable bonds is 5. The minimum Gasteiger partial charge on any atom is -0.375 e. The van der Waals surface area contributed by atoms with Crippen LogP contribution in [0.4, 0.5) is 5.69 Å². The summed E-state index contributed by atoms with van der Waals surface area (Å²) in [5.74, 6) is -0.821. The number of aliphatic hydroxyl groups is 1. The monoisotopic (exact) mass is 355 g/mol. The maximum absolute atomic E-state index is 12.9. The normalized spacial score (nSPS) is 19.0. The molecule has 3 rings (SSSR count). The lowest BCUT2D eigenvalue weighted by atomic mass is 9.88. The second-order valence-electron chi connectivity index (χ2n) is 6.33. The van der Waals surface area contributed by atoms with Crippen molar-refractivity contribution in [3.05, 3.63) is 76.8 Å². The van der Waals surface area contributed by atoms with Crippen LogP contribution in [-0.2, 0) is 10.4 Å². The number of carbonyl (C=O) groups excluding carboxylic acids is 2. The van der Waals surface area contributed by atoms with Crippen LogP contribution in [0, 0.1) is 0 Å². The van der Waals surface area contributed by atoms with Gasteiger partial charge in [-0.1, -0.05) is 42.0 Å². The highest BCUT2D eigenvalue weighted by Gasteiger charge is 2.50. The van der Waals surface area contributed by atoms with E-state index < -0.39 is 11.5 Å². The molecule has 0 saturated carbocycles. The molecule has 1 unspecified atom stereocenters. The topological polar surface area (TPSA) is 57.6 Å². The van der Waals surface area contributed by atoms with Gasteiger partial charge in [0.05, 0.1) is 12.1 Å². The zero-order chi connectivity index (χ0) is 18.2. The molecule has 128 valence electrons. The smallest absolute Gasteiger partial charge is 0.264 e. The van der Waals surface area contributed by atoms with Crippen LogP contribution < -0.4 is 4.90 Å². The molecule has 0 fully saturated rings. The SMILES string of the molecule is C=C(C)CN1C(=O)C(O)(CC(=O)c2ccc(Cl)cc2)c2ccccc21. The van der Waals surface area contributed by atoms with Gasteiger partial charge in [-0.3, -0.25) is 9.59 Å². The lowest BCUT2D eigenvalue weighted by Gasteiger charge is -2.22. The molecule has 1 heterocycles. The quantitative estimate of drug-likeness (QED) is 0.657. The van der Waals surface area contributed by atoms with Gasteiger partial charge in [0.15, 0.2) is 11.4 Å². The van der Waals surface area contributed by atoms with E-state index in [2.05, 4.69) is 6.58 Å². The molecule has 2 aromatic carbocycles. The fourth-order valence-electron chi connectivity index (χ4n) is 3.07. The molecule has 0 spiro atoms. The number of fused-ring (bicyclic) bond motifs is 1. The van der Waals surface area contributed by atoms with E-state index in [0.717, 1.165) is 5.57 Å². The van der Waals surface area contributed by atoms with Crippen LogP contribution in [-0.4, -0.2) is 23.3 Å². The third kappa shape index (κ3) is 3.11. The Morgan fingerprint density at radius 3 is 2.48 bits per heavy atom. The van der Waals surface area contributed by atoms with Gasteiger partial charge in [-0.05, 0) is 37.3 Å². The first-order chi connectivity index (χ1) is 11.8. The average molecular weight is 356 g/mol. The van der Waals surface area contributed by atoms with Crippen LogP contribution in [0.2, 0.25) is 5.02 Å². The molecule has 0 bridgehead atoms. The summed E-state index contributed by atoms with van der Waals surface area (Å²) in [7, 11) is 0. The Labute approximate surface area is 151 Å². The van der Waals surface area contributed by atoms with E-state index in [1.807, 2.05) is 6.92 Å². The van der Waals surface area contributed by atoms with Gasteiger partial charge < -0.3 is 10.0 Å². The molecule has 0 radical (unpaired) electrons. The summed E-state index contributed by atoms with van der Waals surface area (Å²) in [5, 5.41) is 11.6. The number of hydrogen-bond acceptors (Lipinski definition) is 3. The Bertz CT molecular complexity index is 859. The summed E-state index contributed by atoms with van der Waals surface area (Å²) in [5.41, 5.74) is 0.381. The van der Waals surface area contributed by atoms with Crippen LogP contribution in [0.15, 0.2) is 60.7 Å². The molecule has 5 heteroatoms. The fourth-order valence-corrected chi connectivity index (χ4v) is 3.20. The van der Waals surface area contributed by atoms with Gasteiger partial charge >= 0.3 is 0 Å². The van der Waals surface area contributed by atoms with Crippen molar-refractivity contribution in [2.24, 2.45) is 0 Å². The van der Waals surface area contributed by atoms with Gasteiger partial charge in [0.25, 0.3) is 5.91 Å². The Morgan fingerprint density at radius 2 is 1.84 bits per heavy atom. The van der Waals surface area contributed by atoms with Gasteiger partial charge in [0.1, 0.15) is 0 Å². The van der Waals surface area contributed by atoms with Crippen molar-refractivity contribution in [3.63, 3.8) is 0 Å². The second-order valence-corrected chi connectivity index (χ2v) is 6.77. The predicted octanol–water partition coefficient (Wildman–Crippen LogP) is 3.72. The number of carbonyl (C=O) groups is 2. The number of anilines is 1. The third-order valence-electron chi connectivity index (χ3n) is 4.25. The maximum atomic E-state index is 12.9. The van der Waals surface area contributed by atoms with Crippen LogP contribution in [0.25, 0.3) is 0 Å². The Balaban J connectivity index is 1.96. The molecule has 1 atom stereocenters. The molecule has 2 aromatic rings. The molecular formula is C20H18ClNO3. The first-order valence-corrected chi connectivity index (χ1v) is 8.28. The van der Waals surface area contributed by atoms with Gasteiger partial charge in [-0.25, -0.2) is 0 Å². The largest absolute Gasteiger partial charge is 0.375 e. The molecule has 1 N–H and O–H groups in total. The van der Waals surface area contributed by atoms with Crippen molar-refractivity contribution < 1.29 is 14.7 Å². The lowest BCUT2D eigenvalue weighted by Crippen LogP contribution is -2.42.